The fourth-order valence-corrected chi connectivity index (χ4v) is 3.81. The summed E-state index contributed by atoms with van der Waals surface area (Å²) in [4.78, 5) is 0. The van der Waals surface area contributed by atoms with Gasteiger partial charge in [0.15, 0.2) is 0 Å². The Hall–Kier alpha value is -1.04. The van der Waals surface area contributed by atoms with Crippen molar-refractivity contribution in [2.45, 2.75) is 6.42 Å². The third kappa shape index (κ3) is 4.28. The number of rotatable bonds is 4. The molecular weight excluding hydrogens is 396 g/mol. The van der Waals surface area contributed by atoms with E-state index in [2.05, 4.69) is 15.5 Å². The van der Waals surface area contributed by atoms with Crippen LogP contribution in [0.1, 0.15) is 10.6 Å². The van der Waals surface area contributed by atoms with E-state index >= 15 is 0 Å². The van der Waals surface area contributed by atoms with Crippen LogP contribution >= 0.6 is 57.7 Å². The van der Waals surface area contributed by atoms with Crippen molar-refractivity contribution < 1.29 is 0 Å². The van der Waals surface area contributed by atoms with Gasteiger partial charge in [-0.2, -0.15) is 0 Å². The van der Waals surface area contributed by atoms with E-state index in [0.717, 1.165) is 16.3 Å². The van der Waals surface area contributed by atoms with Crippen molar-refractivity contribution in [1.29, 1.82) is 0 Å². The van der Waals surface area contributed by atoms with Crippen LogP contribution in [-0.2, 0) is 6.42 Å². The van der Waals surface area contributed by atoms with Crippen molar-refractivity contribution in [3.63, 3.8) is 0 Å². The fourth-order valence-electron chi connectivity index (χ4n) is 1.98. The average molecular weight is 405 g/mol. The minimum Gasteiger partial charge on any atom is -0.330 e. The molecule has 1 aromatic heterocycles. The highest BCUT2D eigenvalue weighted by molar-refractivity contribution is 7.15. The zero-order valence-corrected chi connectivity index (χ0v) is 15.3. The molecular formula is C15H9Cl4N3S. The minimum absolute atomic E-state index is 0.522. The first-order chi connectivity index (χ1) is 11.0. The summed E-state index contributed by atoms with van der Waals surface area (Å²) in [6.45, 7) is 0. The first kappa shape index (κ1) is 16.8. The molecule has 1 heterocycles. The van der Waals surface area contributed by atoms with Gasteiger partial charge in [0.1, 0.15) is 5.01 Å². The number of anilines is 2. The number of aromatic nitrogens is 2. The monoisotopic (exact) mass is 403 g/mol. The van der Waals surface area contributed by atoms with E-state index in [-0.39, 0.29) is 0 Å². The number of hydrogen-bond acceptors (Lipinski definition) is 4. The van der Waals surface area contributed by atoms with Crippen molar-refractivity contribution in [1.82, 2.24) is 10.2 Å². The van der Waals surface area contributed by atoms with Crippen LogP contribution in [0.4, 0.5) is 10.8 Å². The van der Waals surface area contributed by atoms with E-state index in [4.69, 9.17) is 46.4 Å². The van der Waals surface area contributed by atoms with Gasteiger partial charge in [0, 0.05) is 32.2 Å². The molecule has 0 radical (unpaired) electrons. The van der Waals surface area contributed by atoms with Gasteiger partial charge >= 0.3 is 0 Å². The van der Waals surface area contributed by atoms with Gasteiger partial charge in [-0.15, -0.1) is 10.2 Å². The molecule has 3 nitrogen and oxygen atoms in total. The largest absolute Gasteiger partial charge is 0.330 e. The second-order valence-electron chi connectivity index (χ2n) is 4.66. The fraction of sp³-hybridized carbons (Fsp3) is 0.0667. The lowest BCUT2D eigenvalue weighted by Gasteiger charge is -2.04. The van der Waals surface area contributed by atoms with Crippen molar-refractivity contribution in [2.75, 3.05) is 5.32 Å². The molecule has 0 aliphatic carbocycles. The van der Waals surface area contributed by atoms with Crippen molar-refractivity contribution in [3.8, 4) is 0 Å². The molecule has 23 heavy (non-hydrogen) atoms. The maximum Gasteiger partial charge on any atom is 0.210 e. The summed E-state index contributed by atoms with van der Waals surface area (Å²) >= 11 is 25.7. The second kappa shape index (κ2) is 7.24. The van der Waals surface area contributed by atoms with Gasteiger partial charge in [-0.1, -0.05) is 63.8 Å². The molecule has 0 saturated carbocycles. The molecule has 1 N–H and O–H groups in total. The highest BCUT2D eigenvalue weighted by Gasteiger charge is 2.11. The molecule has 8 heteroatoms. The summed E-state index contributed by atoms with van der Waals surface area (Å²) in [6, 6.07) is 10.6. The molecule has 2 aromatic carbocycles. The quantitative estimate of drug-likeness (QED) is 0.540. The van der Waals surface area contributed by atoms with Crippen LogP contribution in [-0.4, -0.2) is 10.2 Å². The summed E-state index contributed by atoms with van der Waals surface area (Å²) in [5.74, 6) is 0. The van der Waals surface area contributed by atoms with Crippen LogP contribution in [0.3, 0.4) is 0 Å². The van der Waals surface area contributed by atoms with Gasteiger partial charge in [0.05, 0.1) is 0 Å². The Kier molecular flexibility index (Phi) is 5.29. The van der Waals surface area contributed by atoms with Crippen LogP contribution in [0.25, 0.3) is 0 Å². The SMILES string of the molecule is Clc1cc(Cl)cc(Nc2nnc(Cc3c(Cl)cccc3Cl)s2)c1. The van der Waals surface area contributed by atoms with Crippen LogP contribution in [0.5, 0.6) is 0 Å². The Labute approximate surface area is 157 Å². The molecule has 3 rings (SSSR count). The first-order valence-corrected chi connectivity index (χ1v) is 8.82. The highest BCUT2D eigenvalue weighted by Crippen LogP contribution is 2.30. The van der Waals surface area contributed by atoms with E-state index < -0.39 is 0 Å². The molecule has 0 aliphatic rings. The topological polar surface area (TPSA) is 37.8 Å². The predicted molar refractivity (Wildman–Crippen MR) is 98.9 cm³/mol. The van der Waals surface area contributed by atoms with E-state index in [1.165, 1.54) is 11.3 Å². The first-order valence-electron chi connectivity index (χ1n) is 6.49. The Morgan fingerprint density at radius 2 is 1.57 bits per heavy atom. The van der Waals surface area contributed by atoms with Gasteiger partial charge < -0.3 is 5.32 Å². The van der Waals surface area contributed by atoms with Crippen LogP contribution in [0.2, 0.25) is 20.1 Å². The third-order valence-corrected chi connectivity index (χ3v) is 4.95. The van der Waals surface area contributed by atoms with E-state index in [9.17, 15) is 0 Å². The minimum atomic E-state index is 0.522. The third-order valence-electron chi connectivity index (χ3n) is 2.97. The lowest BCUT2D eigenvalue weighted by molar-refractivity contribution is 1.01. The Morgan fingerprint density at radius 3 is 2.22 bits per heavy atom. The molecule has 3 aromatic rings. The molecule has 0 spiro atoms. The van der Waals surface area contributed by atoms with Gasteiger partial charge in [0.2, 0.25) is 5.13 Å². The molecule has 0 fully saturated rings. The van der Waals surface area contributed by atoms with Crippen molar-refractivity contribution >= 4 is 68.6 Å². The zero-order chi connectivity index (χ0) is 16.4. The standard InChI is InChI=1S/C15H9Cl4N3S/c16-8-4-9(17)6-10(5-8)20-15-22-21-14(23-15)7-11-12(18)2-1-3-13(11)19/h1-6H,7H2,(H,20,22). The Balaban J connectivity index is 1.78. The number of halogens is 4. The maximum atomic E-state index is 6.18. The van der Waals surface area contributed by atoms with Crippen LogP contribution in [0.15, 0.2) is 36.4 Å². The maximum absolute atomic E-state index is 6.18. The molecule has 0 aliphatic heterocycles. The van der Waals surface area contributed by atoms with Gasteiger partial charge in [-0.3, -0.25) is 0 Å². The van der Waals surface area contributed by atoms with E-state index in [1.54, 1.807) is 30.3 Å². The van der Waals surface area contributed by atoms with E-state index in [1.807, 2.05) is 6.07 Å². The lowest BCUT2D eigenvalue weighted by atomic mass is 10.1. The van der Waals surface area contributed by atoms with Crippen molar-refractivity contribution in [2.24, 2.45) is 0 Å². The molecule has 0 amide bonds. The summed E-state index contributed by atoms with van der Waals surface area (Å²) in [6.07, 6.45) is 0.522. The predicted octanol–water partition coefficient (Wildman–Crippen LogP) is 6.49. The molecule has 118 valence electrons. The summed E-state index contributed by atoms with van der Waals surface area (Å²) in [5, 5.41) is 15.2. The normalized spacial score (nSPS) is 10.8. The number of nitrogens with zero attached hydrogens (tertiary/aromatic N) is 2. The molecule has 0 saturated heterocycles. The summed E-state index contributed by atoms with van der Waals surface area (Å²) in [5.41, 5.74) is 1.59. The molecule has 0 atom stereocenters. The average Bonchev–Trinajstić information content (AvgIpc) is 2.89. The molecule has 0 unspecified atom stereocenters. The van der Waals surface area contributed by atoms with Gasteiger partial charge in [-0.05, 0) is 35.9 Å². The summed E-state index contributed by atoms with van der Waals surface area (Å²) < 4.78 is 0. The number of nitrogens with one attached hydrogen (secondary N) is 1. The van der Waals surface area contributed by atoms with Gasteiger partial charge in [0.25, 0.3) is 0 Å². The van der Waals surface area contributed by atoms with Crippen molar-refractivity contribution in [3.05, 3.63) is 67.1 Å². The summed E-state index contributed by atoms with van der Waals surface area (Å²) in [7, 11) is 0. The highest BCUT2D eigenvalue weighted by atomic mass is 35.5. The number of benzene rings is 2. The second-order valence-corrected chi connectivity index (χ2v) is 7.41. The van der Waals surface area contributed by atoms with Crippen LogP contribution in [0, 0.1) is 0 Å². The Morgan fingerprint density at radius 1 is 0.913 bits per heavy atom. The Bertz CT molecular complexity index is 810. The van der Waals surface area contributed by atoms with Crippen LogP contribution < -0.4 is 5.32 Å². The number of hydrogen-bond donors (Lipinski definition) is 1. The smallest absolute Gasteiger partial charge is 0.210 e. The lowest BCUT2D eigenvalue weighted by Crippen LogP contribution is -1.90. The zero-order valence-electron chi connectivity index (χ0n) is 11.5. The van der Waals surface area contributed by atoms with E-state index in [0.29, 0.717) is 31.6 Å². The molecule has 0 bridgehead atoms. The van der Waals surface area contributed by atoms with Gasteiger partial charge in [-0.25, -0.2) is 0 Å².